The molecule has 1 aromatic heterocycles. The topological polar surface area (TPSA) is 73.1 Å². The molecule has 0 spiro atoms. The van der Waals surface area contributed by atoms with Crippen LogP contribution in [0.4, 0.5) is 11.6 Å². The number of rotatable bonds is 5. The van der Waals surface area contributed by atoms with Crippen LogP contribution in [-0.4, -0.2) is 30.2 Å². The average Bonchev–Trinajstić information content (AvgIpc) is 2.19. The fourth-order valence-corrected chi connectivity index (χ4v) is 1.09. The lowest BCUT2D eigenvalue weighted by atomic mass is 10.4. The van der Waals surface area contributed by atoms with Crippen LogP contribution in [0, 0.1) is 0 Å². The number of aromatic nitrogens is 2. The zero-order valence-corrected chi connectivity index (χ0v) is 8.71. The first-order valence-electron chi connectivity index (χ1n) is 4.24. The van der Waals surface area contributed by atoms with Gasteiger partial charge in [-0.05, 0) is 6.42 Å². The molecule has 78 valence electrons. The molecule has 0 aliphatic carbocycles. The van der Waals surface area contributed by atoms with E-state index < -0.39 is 0 Å². The maximum absolute atomic E-state index is 5.86. The van der Waals surface area contributed by atoms with E-state index in [9.17, 15) is 0 Å². The van der Waals surface area contributed by atoms with Crippen molar-refractivity contribution >= 4 is 23.2 Å². The SMILES string of the molecule is COCCCNc1ncnc(N)c1Cl. The molecule has 0 aromatic carbocycles. The van der Waals surface area contributed by atoms with Gasteiger partial charge in [-0.15, -0.1) is 0 Å². The quantitative estimate of drug-likeness (QED) is 0.723. The van der Waals surface area contributed by atoms with Gasteiger partial charge in [0.25, 0.3) is 0 Å². The summed E-state index contributed by atoms with van der Waals surface area (Å²) in [6.07, 6.45) is 2.26. The Labute approximate surface area is 87.6 Å². The standard InChI is InChI=1S/C8H13ClN4O/c1-14-4-2-3-11-8-6(9)7(10)12-5-13-8/h5H,2-4H2,1H3,(H3,10,11,12,13). The van der Waals surface area contributed by atoms with Crippen molar-refractivity contribution in [3.63, 3.8) is 0 Å². The monoisotopic (exact) mass is 216 g/mol. The molecule has 14 heavy (non-hydrogen) atoms. The maximum atomic E-state index is 5.86. The number of nitrogens with two attached hydrogens (primary N) is 1. The predicted molar refractivity (Wildman–Crippen MR) is 56.4 cm³/mol. The summed E-state index contributed by atoms with van der Waals surface area (Å²) in [4.78, 5) is 7.72. The number of hydrogen-bond donors (Lipinski definition) is 2. The van der Waals surface area contributed by atoms with Crippen molar-refractivity contribution in [3.8, 4) is 0 Å². The lowest BCUT2D eigenvalue weighted by Gasteiger charge is -2.07. The van der Waals surface area contributed by atoms with Crippen molar-refractivity contribution in [1.29, 1.82) is 0 Å². The lowest BCUT2D eigenvalue weighted by molar-refractivity contribution is 0.198. The van der Waals surface area contributed by atoms with E-state index in [1.54, 1.807) is 7.11 Å². The highest BCUT2D eigenvalue weighted by Crippen LogP contribution is 2.22. The van der Waals surface area contributed by atoms with E-state index in [0.717, 1.165) is 13.0 Å². The van der Waals surface area contributed by atoms with Gasteiger partial charge in [-0.2, -0.15) is 0 Å². The van der Waals surface area contributed by atoms with Gasteiger partial charge in [-0.3, -0.25) is 0 Å². The Morgan fingerprint density at radius 1 is 1.57 bits per heavy atom. The van der Waals surface area contributed by atoms with Crippen LogP contribution >= 0.6 is 11.6 Å². The number of ether oxygens (including phenoxy) is 1. The number of methoxy groups -OCH3 is 1. The predicted octanol–water partition coefficient (Wildman–Crippen LogP) is 1.16. The van der Waals surface area contributed by atoms with Gasteiger partial charge in [0.05, 0.1) is 0 Å². The molecule has 0 radical (unpaired) electrons. The van der Waals surface area contributed by atoms with Crippen LogP contribution in [0.25, 0.3) is 0 Å². The summed E-state index contributed by atoms with van der Waals surface area (Å²) in [6, 6.07) is 0. The molecular weight excluding hydrogens is 204 g/mol. The molecule has 0 unspecified atom stereocenters. The van der Waals surface area contributed by atoms with Gasteiger partial charge >= 0.3 is 0 Å². The molecule has 6 heteroatoms. The molecule has 3 N–H and O–H groups in total. The van der Waals surface area contributed by atoms with Crippen LogP contribution in [0.3, 0.4) is 0 Å². The largest absolute Gasteiger partial charge is 0.385 e. The number of nitrogen functional groups attached to an aromatic ring is 1. The van der Waals surface area contributed by atoms with Gasteiger partial charge in [0, 0.05) is 20.3 Å². The summed E-state index contributed by atoms with van der Waals surface area (Å²) >= 11 is 5.86. The zero-order valence-electron chi connectivity index (χ0n) is 7.96. The Bertz CT molecular complexity index is 295. The minimum Gasteiger partial charge on any atom is -0.385 e. The molecule has 5 nitrogen and oxygen atoms in total. The Kier molecular flexibility index (Phi) is 4.42. The number of nitrogens with one attached hydrogen (secondary N) is 1. The summed E-state index contributed by atoms with van der Waals surface area (Å²) in [5.41, 5.74) is 5.50. The van der Waals surface area contributed by atoms with Gasteiger partial charge in [-0.25, -0.2) is 9.97 Å². The van der Waals surface area contributed by atoms with E-state index in [2.05, 4.69) is 15.3 Å². The number of nitrogens with zero attached hydrogens (tertiary/aromatic N) is 2. The highest BCUT2D eigenvalue weighted by molar-refractivity contribution is 6.35. The molecule has 0 amide bonds. The summed E-state index contributed by atoms with van der Waals surface area (Å²) in [5.74, 6) is 0.853. The second-order valence-corrected chi connectivity index (χ2v) is 3.07. The fourth-order valence-electron chi connectivity index (χ4n) is 0.930. The van der Waals surface area contributed by atoms with Crippen molar-refractivity contribution in [2.75, 3.05) is 31.3 Å². The van der Waals surface area contributed by atoms with E-state index in [4.69, 9.17) is 22.1 Å². The van der Waals surface area contributed by atoms with E-state index >= 15 is 0 Å². The molecule has 1 rings (SSSR count). The second-order valence-electron chi connectivity index (χ2n) is 2.69. The molecule has 0 saturated heterocycles. The first-order chi connectivity index (χ1) is 6.75. The Morgan fingerprint density at radius 3 is 3.07 bits per heavy atom. The van der Waals surface area contributed by atoms with Gasteiger partial charge in [0.2, 0.25) is 0 Å². The number of anilines is 2. The van der Waals surface area contributed by atoms with Crippen LogP contribution in [-0.2, 0) is 4.74 Å². The van der Waals surface area contributed by atoms with Crippen molar-refractivity contribution in [2.24, 2.45) is 0 Å². The Balaban J connectivity index is 2.46. The fraction of sp³-hybridized carbons (Fsp3) is 0.500. The van der Waals surface area contributed by atoms with E-state index in [1.165, 1.54) is 6.33 Å². The van der Waals surface area contributed by atoms with Gasteiger partial charge in [0.15, 0.2) is 0 Å². The number of hydrogen-bond acceptors (Lipinski definition) is 5. The molecule has 0 aliphatic rings. The van der Waals surface area contributed by atoms with Crippen LogP contribution in [0.15, 0.2) is 6.33 Å². The van der Waals surface area contributed by atoms with Crippen LogP contribution in [0.2, 0.25) is 5.02 Å². The molecule has 0 aliphatic heterocycles. The summed E-state index contributed by atoms with van der Waals surface area (Å²) in [7, 11) is 1.66. The van der Waals surface area contributed by atoms with Crippen LogP contribution < -0.4 is 11.1 Å². The van der Waals surface area contributed by atoms with Gasteiger partial charge < -0.3 is 15.8 Å². The molecule has 0 atom stereocenters. The highest BCUT2D eigenvalue weighted by Gasteiger charge is 2.04. The van der Waals surface area contributed by atoms with Gasteiger partial charge in [-0.1, -0.05) is 11.6 Å². The summed E-state index contributed by atoms with van der Waals surface area (Å²) in [6.45, 7) is 1.44. The molecule has 1 aromatic rings. The van der Waals surface area contributed by atoms with Crippen molar-refractivity contribution < 1.29 is 4.74 Å². The van der Waals surface area contributed by atoms with Crippen molar-refractivity contribution in [3.05, 3.63) is 11.3 Å². The normalized spacial score (nSPS) is 10.1. The third kappa shape index (κ3) is 3.01. The van der Waals surface area contributed by atoms with Gasteiger partial charge in [0.1, 0.15) is 23.0 Å². The van der Waals surface area contributed by atoms with Crippen LogP contribution in [0.1, 0.15) is 6.42 Å². The first-order valence-corrected chi connectivity index (χ1v) is 4.62. The smallest absolute Gasteiger partial charge is 0.150 e. The minimum absolute atomic E-state index is 0.288. The Hall–Kier alpha value is -1.07. The third-order valence-electron chi connectivity index (χ3n) is 1.63. The Morgan fingerprint density at radius 2 is 2.36 bits per heavy atom. The third-order valence-corrected chi connectivity index (χ3v) is 2.01. The van der Waals surface area contributed by atoms with E-state index in [1.807, 2.05) is 0 Å². The van der Waals surface area contributed by atoms with Crippen molar-refractivity contribution in [1.82, 2.24) is 9.97 Å². The average molecular weight is 217 g/mol. The van der Waals surface area contributed by atoms with Crippen LogP contribution in [0.5, 0.6) is 0 Å². The summed E-state index contributed by atoms with van der Waals surface area (Å²) in [5, 5.41) is 3.41. The van der Waals surface area contributed by atoms with Crippen molar-refractivity contribution in [2.45, 2.75) is 6.42 Å². The summed E-state index contributed by atoms with van der Waals surface area (Å²) < 4.78 is 4.90. The molecule has 0 bridgehead atoms. The minimum atomic E-state index is 0.288. The zero-order chi connectivity index (χ0) is 10.4. The molecule has 0 saturated carbocycles. The van der Waals surface area contributed by atoms with E-state index in [0.29, 0.717) is 17.4 Å². The number of halogens is 1. The lowest BCUT2D eigenvalue weighted by Crippen LogP contribution is -2.07. The second kappa shape index (κ2) is 5.62. The molecule has 1 heterocycles. The highest BCUT2D eigenvalue weighted by atomic mass is 35.5. The van der Waals surface area contributed by atoms with E-state index in [-0.39, 0.29) is 5.82 Å². The molecule has 0 fully saturated rings. The molecular formula is C8H13ClN4O. The maximum Gasteiger partial charge on any atom is 0.150 e. The first kappa shape index (κ1) is 11.0.